The molecule has 3 aromatic rings. The molecule has 0 bridgehead atoms. The molecule has 0 saturated carbocycles. The first kappa shape index (κ1) is 24.9. The number of thioether (sulfide) groups is 1. The van der Waals surface area contributed by atoms with Gasteiger partial charge in [-0.1, -0.05) is 54.1 Å². The second kappa shape index (κ2) is 12.5. The first-order chi connectivity index (χ1) is 16.4. The number of benzene rings is 3. The van der Waals surface area contributed by atoms with E-state index in [-0.39, 0.29) is 11.3 Å². The van der Waals surface area contributed by atoms with E-state index < -0.39 is 22.8 Å². The summed E-state index contributed by atoms with van der Waals surface area (Å²) in [6.45, 7) is 0. The van der Waals surface area contributed by atoms with Gasteiger partial charge in [-0.3, -0.25) is 19.7 Å². The van der Waals surface area contributed by atoms with E-state index in [4.69, 9.17) is 11.6 Å². The first-order valence-corrected chi connectivity index (χ1v) is 11.7. The van der Waals surface area contributed by atoms with Crippen molar-refractivity contribution in [2.45, 2.75) is 11.8 Å². The highest BCUT2D eigenvalue weighted by molar-refractivity contribution is 7.98. The summed E-state index contributed by atoms with van der Waals surface area (Å²) < 4.78 is 0. The van der Waals surface area contributed by atoms with Crippen LogP contribution in [0.2, 0.25) is 5.02 Å². The summed E-state index contributed by atoms with van der Waals surface area (Å²) in [4.78, 5) is 35.7. The van der Waals surface area contributed by atoms with Gasteiger partial charge in [0.25, 0.3) is 17.5 Å². The number of carbonyl (C=O) groups is 2. The molecule has 2 N–H and O–H groups in total. The zero-order chi connectivity index (χ0) is 24.3. The van der Waals surface area contributed by atoms with Crippen LogP contribution >= 0.6 is 23.4 Å². The molecule has 0 saturated heterocycles. The third-order valence-electron chi connectivity index (χ3n) is 4.62. The number of carbonyl (C=O) groups excluding carboxylic acids is 2. The largest absolute Gasteiger partial charge is 0.339 e. The SMILES string of the molecule is O=C(NC(CSCc1ccccc1)C(=O)NN=Cc1ccc(Cl)cc1)c1ccc([N+](=O)[O-])cc1. The number of hydrogen-bond acceptors (Lipinski definition) is 6. The second-order valence-electron chi connectivity index (χ2n) is 7.12. The fourth-order valence-corrected chi connectivity index (χ4v) is 3.97. The average molecular weight is 497 g/mol. The van der Waals surface area contributed by atoms with Crippen LogP contribution in [-0.2, 0) is 10.5 Å². The molecule has 3 rings (SSSR count). The van der Waals surface area contributed by atoms with Crippen LogP contribution in [0.4, 0.5) is 5.69 Å². The van der Waals surface area contributed by atoms with E-state index in [0.29, 0.717) is 16.5 Å². The van der Waals surface area contributed by atoms with Crippen LogP contribution in [0.25, 0.3) is 0 Å². The Labute approximate surface area is 205 Å². The Morgan fingerprint density at radius 1 is 1.03 bits per heavy atom. The summed E-state index contributed by atoms with van der Waals surface area (Å²) in [7, 11) is 0. The lowest BCUT2D eigenvalue weighted by molar-refractivity contribution is -0.384. The third-order valence-corrected chi connectivity index (χ3v) is 5.98. The zero-order valence-electron chi connectivity index (χ0n) is 17.9. The zero-order valence-corrected chi connectivity index (χ0v) is 19.5. The highest BCUT2D eigenvalue weighted by Gasteiger charge is 2.22. The summed E-state index contributed by atoms with van der Waals surface area (Å²) in [5.74, 6) is -0.0415. The van der Waals surface area contributed by atoms with Gasteiger partial charge in [-0.25, -0.2) is 5.43 Å². The Kier molecular flexibility index (Phi) is 9.19. The van der Waals surface area contributed by atoms with Crippen LogP contribution in [0.1, 0.15) is 21.5 Å². The van der Waals surface area contributed by atoms with E-state index in [1.165, 1.54) is 42.2 Å². The molecule has 2 amide bonds. The van der Waals surface area contributed by atoms with Crippen molar-refractivity contribution in [3.63, 3.8) is 0 Å². The standard InChI is InChI=1S/C24H21ClN4O4S/c25-20-10-6-17(7-11-20)14-26-28-24(31)22(16-34-15-18-4-2-1-3-5-18)27-23(30)19-8-12-21(13-9-19)29(32)33/h1-14,22H,15-16H2,(H,27,30)(H,28,31). The van der Waals surface area contributed by atoms with Gasteiger partial charge in [0.05, 0.1) is 11.1 Å². The molecule has 0 radical (unpaired) electrons. The van der Waals surface area contributed by atoms with Gasteiger partial charge < -0.3 is 5.32 Å². The van der Waals surface area contributed by atoms with Crippen molar-refractivity contribution < 1.29 is 14.5 Å². The topological polar surface area (TPSA) is 114 Å². The molecule has 8 nitrogen and oxygen atoms in total. The maximum Gasteiger partial charge on any atom is 0.269 e. The number of hydrogen-bond donors (Lipinski definition) is 2. The molecule has 0 aliphatic rings. The minimum atomic E-state index is -0.876. The number of halogens is 1. The summed E-state index contributed by atoms with van der Waals surface area (Å²) in [6, 6.07) is 21.0. The summed E-state index contributed by atoms with van der Waals surface area (Å²) in [6.07, 6.45) is 1.47. The Hall–Kier alpha value is -3.69. The van der Waals surface area contributed by atoms with Crippen molar-refractivity contribution in [2.24, 2.45) is 5.10 Å². The number of nitrogens with one attached hydrogen (secondary N) is 2. The van der Waals surface area contributed by atoms with Gasteiger partial charge >= 0.3 is 0 Å². The molecule has 0 heterocycles. The molecule has 0 aliphatic carbocycles. The molecule has 0 aromatic heterocycles. The quantitative estimate of drug-likeness (QED) is 0.245. The fourth-order valence-electron chi connectivity index (χ4n) is 2.83. The predicted molar refractivity (Wildman–Crippen MR) is 134 cm³/mol. The van der Waals surface area contributed by atoms with Crippen molar-refractivity contribution in [1.82, 2.24) is 10.7 Å². The van der Waals surface area contributed by atoms with Crippen LogP contribution < -0.4 is 10.7 Å². The van der Waals surface area contributed by atoms with Gasteiger partial charge in [-0.15, -0.1) is 0 Å². The number of amides is 2. The highest BCUT2D eigenvalue weighted by atomic mass is 35.5. The number of nitrogens with zero attached hydrogens (tertiary/aromatic N) is 2. The van der Waals surface area contributed by atoms with Gasteiger partial charge in [0.2, 0.25) is 0 Å². The minimum absolute atomic E-state index is 0.124. The average Bonchev–Trinajstić information content (AvgIpc) is 2.85. The molecule has 0 fully saturated rings. The van der Waals surface area contributed by atoms with Gasteiger partial charge in [0.1, 0.15) is 6.04 Å². The minimum Gasteiger partial charge on any atom is -0.339 e. The monoisotopic (exact) mass is 496 g/mol. The Morgan fingerprint density at radius 2 is 1.71 bits per heavy atom. The van der Waals surface area contributed by atoms with E-state index in [2.05, 4.69) is 15.8 Å². The van der Waals surface area contributed by atoms with Crippen molar-refractivity contribution in [3.8, 4) is 0 Å². The van der Waals surface area contributed by atoms with Crippen LogP contribution in [-0.4, -0.2) is 34.7 Å². The lowest BCUT2D eigenvalue weighted by atomic mass is 10.2. The van der Waals surface area contributed by atoms with Gasteiger partial charge in [0, 0.05) is 34.2 Å². The highest BCUT2D eigenvalue weighted by Crippen LogP contribution is 2.15. The van der Waals surface area contributed by atoms with Gasteiger partial charge in [0.15, 0.2) is 0 Å². The molecule has 0 spiro atoms. The number of nitro benzene ring substituents is 1. The van der Waals surface area contributed by atoms with E-state index >= 15 is 0 Å². The lowest BCUT2D eigenvalue weighted by Gasteiger charge is -2.17. The predicted octanol–water partition coefficient (Wildman–Crippen LogP) is 4.43. The Bertz CT molecular complexity index is 1160. The van der Waals surface area contributed by atoms with Crippen molar-refractivity contribution in [1.29, 1.82) is 0 Å². The van der Waals surface area contributed by atoms with E-state index in [9.17, 15) is 19.7 Å². The maximum absolute atomic E-state index is 12.8. The molecule has 34 heavy (non-hydrogen) atoms. The molecule has 3 aromatic carbocycles. The fraction of sp³-hybridized carbons (Fsp3) is 0.125. The summed E-state index contributed by atoms with van der Waals surface area (Å²) >= 11 is 7.35. The molecule has 1 unspecified atom stereocenters. The van der Waals surface area contributed by atoms with E-state index in [0.717, 1.165) is 11.1 Å². The molecule has 0 aliphatic heterocycles. The first-order valence-electron chi connectivity index (χ1n) is 10.2. The maximum atomic E-state index is 12.8. The van der Waals surface area contributed by atoms with Crippen molar-refractivity contribution >= 4 is 47.1 Å². The van der Waals surface area contributed by atoms with Crippen LogP contribution in [0.3, 0.4) is 0 Å². The molecular weight excluding hydrogens is 476 g/mol. The summed E-state index contributed by atoms with van der Waals surface area (Å²) in [5, 5.41) is 18.1. The normalized spacial score (nSPS) is 11.7. The second-order valence-corrected chi connectivity index (χ2v) is 8.58. The number of nitro groups is 1. The lowest BCUT2D eigenvalue weighted by Crippen LogP contribution is -2.47. The molecule has 174 valence electrons. The smallest absolute Gasteiger partial charge is 0.269 e. The third kappa shape index (κ3) is 7.72. The van der Waals surface area contributed by atoms with E-state index in [1.807, 2.05) is 30.3 Å². The molecular formula is C24H21ClN4O4S. The van der Waals surface area contributed by atoms with Gasteiger partial charge in [-0.05, 0) is 35.4 Å². The molecule has 10 heteroatoms. The van der Waals surface area contributed by atoms with Gasteiger partial charge in [-0.2, -0.15) is 16.9 Å². The number of hydrazone groups is 1. The Morgan fingerprint density at radius 3 is 2.35 bits per heavy atom. The van der Waals surface area contributed by atoms with Crippen molar-refractivity contribution in [3.05, 3.63) is 111 Å². The van der Waals surface area contributed by atoms with Crippen LogP contribution in [0, 0.1) is 10.1 Å². The number of non-ortho nitro benzene ring substituents is 1. The summed E-state index contributed by atoms with van der Waals surface area (Å²) in [5.41, 5.74) is 4.38. The van der Waals surface area contributed by atoms with Crippen LogP contribution in [0.15, 0.2) is 84.0 Å². The Balaban J connectivity index is 1.65. The van der Waals surface area contributed by atoms with E-state index in [1.54, 1.807) is 24.3 Å². The van der Waals surface area contributed by atoms with Crippen LogP contribution in [0.5, 0.6) is 0 Å². The molecule has 1 atom stereocenters. The number of rotatable bonds is 10. The van der Waals surface area contributed by atoms with Crippen molar-refractivity contribution in [2.75, 3.05) is 5.75 Å².